The van der Waals surface area contributed by atoms with E-state index in [0.717, 1.165) is 10.9 Å². The highest BCUT2D eigenvalue weighted by Gasteiger charge is 2.75. The van der Waals surface area contributed by atoms with E-state index in [4.69, 9.17) is 14.6 Å². The molecule has 0 aromatic carbocycles. The van der Waals surface area contributed by atoms with Crippen LogP contribution in [0.15, 0.2) is 11.1 Å². The lowest BCUT2D eigenvalue weighted by Crippen LogP contribution is -2.69. The number of aromatic amines is 1. The lowest BCUT2D eigenvalue weighted by molar-refractivity contribution is -0.132. The van der Waals surface area contributed by atoms with Crippen LogP contribution in [0.25, 0.3) is 11.2 Å². The summed E-state index contributed by atoms with van der Waals surface area (Å²) in [6.45, 7) is 10.9. The summed E-state index contributed by atoms with van der Waals surface area (Å²) < 4.78 is 39.6. The van der Waals surface area contributed by atoms with Gasteiger partial charge in [-0.05, 0) is 20.8 Å². The molecule has 1 aliphatic heterocycles. The van der Waals surface area contributed by atoms with Crippen molar-refractivity contribution in [1.29, 1.82) is 0 Å². The summed E-state index contributed by atoms with van der Waals surface area (Å²) in [5.41, 5.74) is -2.02. The first-order valence-corrected chi connectivity index (χ1v) is 15.8. The molecule has 0 radical (unpaired) electrons. The van der Waals surface area contributed by atoms with Gasteiger partial charge < -0.3 is 19.7 Å². The van der Waals surface area contributed by atoms with Gasteiger partial charge in [0.05, 0.1) is 18.5 Å². The normalized spacial score (nSPS) is 27.3. The Bertz CT molecular complexity index is 1320. The number of nitrogens with two attached hydrogens (primary N) is 1. The van der Waals surface area contributed by atoms with Crippen LogP contribution in [0.4, 0.5) is 5.95 Å². The number of H-pyrrole nitrogens is 1. The first-order chi connectivity index (χ1) is 16.4. The molecule has 0 aliphatic carbocycles. The molecule has 1 saturated heterocycles. The van der Waals surface area contributed by atoms with E-state index in [1.807, 2.05) is 0 Å². The maximum absolute atomic E-state index is 13.1. The van der Waals surface area contributed by atoms with Crippen LogP contribution >= 0.6 is 0 Å². The van der Waals surface area contributed by atoms with E-state index < -0.39 is 70.9 Å². The third-order valence-corrected chi connectivity index (χ3v) is 10.00. The van der Waals surface area contributed by atoms with Crippen LogP contribution in [0.5, 0.6) is 0 Å². The Morgan fingerprint density at radius 3 is 2.50 bits per heavy atom. The van der Waals surface area contributed by atoms with Gasteiger partial charge in [0.1, 0.15) is 21.0 Å². The topological polar surface area (TPSA) is 212 Å². The fraction of sp³-hybridized carbons (Fsp3) is 0.700. The molecule has 4 atom stereocenters. The second-order valence-electron chi connectivity index (χ2n) is 10.4. The molecule has 0 bridgehead atoms. The molecule has 1 fully saturated rings. The van der Waals surface area contributed by atoms with E-state index in [2.05, 4.69) is 20.3 Å². The summed E-state index contributed by atoms with van der Waals surface area (Å²) in [6, 6.07) is 0. The van der Waals surface area contributed by atoms with Crippen LogP contribution in [0.3, 0.4) is 0 Å². The number of ether oxygens (including phenoxy) is 2. The van der Waals surface area contributed by atoms with E-state index >= 15 is 0 Å². The Kier molecular flexibility index (Phi) is 7.30. The SMILES string of the molecule is CC(C)C(=O)Nc1nc2c(ncn2[C@]2([SiH](C)C)O[C@H](CO)[C@@H](OC(C)(C)C)[C@]2(O)S(N)(=O)=O)c(=O)[nH]1. The number of nitrogens with one attached hydrogen (secondary N) is 2. The van der Waals surface area contributed by atoms with E-state index in [9.17, 15) is 28.2 Å². The van der Waals surface area contributed by atoms with E-state index in [1.165, 1.54) is 0 Å². The first kappa shape index (κ1) is 28.4. The summed E-state index contributed by atoms with van der Waals surface area (Å²) in [7, 11) is -7.43. The minimum absolute atomic E-state index is 0.158. The van der Waals surface area contributed by atoms with Crippen molar-refractivity contribution < 1.29 is 32.9 Å². The molecule has 1 amide bonds. The predicted octanol–water partition coefficient (Wildman–Crippen LogP) is -1.06. The van der Waals surface area contributed by atoms with E-state index in [1.54, 1.807) is 47.7 Å². The number of nitrogens with zero attached hydrogens (tertiary/aromatic N) is 3. The zero-order valence-corrected chi connectivity index (χ0v) is 23.2. The van der Waals surface area contributed by atoms with Crippen molar-refractivity contribution in [2.75, 3.05) is 11.9 Å². The zero-order valence-electron chi connectivity index (χ0n) is 21.3. The van der Waals surface area contributed by atoms with Crippen molar-refractivity contribution in [3.8, 4) is 0 Å². The van der Waals surface area contributed by atoms with Gasteiger partial charge in [-0.25, -0.2) is 18.5 Å². The number of sulfonamides is 1. The molecule has 14 nitrogen and oxygen atoms in total. The molecule has 3 rings (SSSR count). The molecule has 0 spiro atoms. The molecule has 6 N–H and O–H groups in total. The quantitative estimate of drug-likeness (QED) is 0.266. The molecule has 36 heavy (non-hydrogen) atoms. The Balaban J connectivity index is 2.38. The van der Waals surface area contributed by atoms with Gasteiger partial charge in [-0.1, -0.05) is 26.9 Å². The Morgan fingerprint density at radius 2 is 2.03 bits per heavy atom. The van der Waals surface area contributed by atoms with Crippen molar-refractivity contribution in [3.63, 3.8) is 0 Å². The van der Waals surface area contributed by atoms with Crippen LogP contribution in [0.1, 0.15) is 34.6 Å². The largest absolute Gasteiger partial charge is 0.394 e. The lowest BCUT2D eigenvalue weighted by Gasteiger charge is -2.44. The average Bonchev–Trinajstić information content (AvgIpc) is 3.25. The Hall–Kier alpha value is -2.21. The van der Waals surface area contributed by atoms with E-state index in [0.29, 0.717) is 0 Å². The summed E-state index contributed by atoms with van der Waals surface area (Å²) in [4.78, 5) is 32.9. The van der Waals surface area contributed by atoms with Crippen molar-refractivity contribution >= 4 is 41.8 Å². The van der Waals surface area contributed by atoms with E-state index in [-0.39, 0.29) is 17.1 Å². The molecule has 202 valence electrons. The number of hydrogen-bond donors (Lipinski definition) is 5. The molecule has 3 heterocycles. The zero-order chi connectivity index (χ0) is 27.4. The number of imidazole rings is 1. The van der Waals surface area contributed by atoms with Gasteiger partial charge in [0, 0.05) is 5.92 Å². The van der Waals surface area contributed by atoms with Gasteiger partial charge in [0.15, 0.2) is 16.5 Å². The number of rotatable bonds is 7. The van der Waals surface area contributed by atoms with Crippen molar-refractivity contribution in [2.45, 2.75) is 75.8 Å². The number of aliphatic hydroxyl groups is 2. The highest BCUT2D eigenvalue weighted by molar-refractivity contribution is 7.90. The third kappa shape index (κ3) is 4.40. The molecule has 0 unspecified atom stereocenters. The average molecular weight is 547 g/mol. The van der Waals surface area contributed by atoms with Gasteiger partial charge in [0.25, 0.3) is 10.5 Å². The minimum Gasteiger partial charge on any atom is -0.394 e. The maximum Gasteiger partial charge on any atom is 0.280 e. The van der Waals surface area contributed by atoms with Crippen LogP contribution in [-0.4, -0.2) is 82.2 Å². The maximum atomic E-state index is 13.1. The number of primary sulfonamides is 1. The van der Waals surface area contributed by atoms with Gasteiger partial charge in [0.2, 0.25) is 21.9 Å². The lowest BCUT2D eigenvalue weighted by atomic mass is 10.1. The highest BCUT2D eigenvalue weighted by atomic mass is 32.2. The van der Waals surface area contributed by atoms with Crippen molar-refractivity contribution in [1.82, 2.24) is 19.5 Å². The summed E-state index contributed by atoms with van der Waals surface area (Å²) >= 11 is 0. The number of fused-ring (bicyclic) bond motifs is 1. The molecule has 16 heteroatoms. The van der Waals surface area contributed by atoms with Crippen LogP contribution in [0, 0.1) is 5.92 Å². The minimum atomic E-state index is -4.87. The monoisotopic (exact) mass is 546 g/mol. The summed E-state index contributed by atoms with van der Waals surface area (Å²) in [6.07, 6.45) is -1.79. The summed E-state index contributed by atoms with van der Waals surface area (Å²) in [5, 5.41) is 28.2. The third-order valence-electron chi connectivity index (χ3n) is 5.98. The number of amides is 1. The van der Waals surface area contributed by atoms with Crippen LogP contribution in [-0.2, 0) is 29.6 Å². The fourth-order valence-electron chi connectivity index (χ4n) is 4.40. The molecular formula is C20H34N6O8SSi. The molecule has 1 aliphatic rings. The van der Waals surface area contributed by atoms with Crippen molar-refractivity contribution in [3.05, 3.63) is 16.7 Å². The Morgan fingerprint density at radius 1 is 1.42 bits per heavy atom. The number of hydrogen-bond acceptors (Lipinski definition) is 10. The molecule has 2 aromatic rings. The number of carbonyl (C=O) groups excluding carboxylic acids is 1. The number of aromatic nitrogens is 4. The second kappa shape index (κ2) is 9.27. The number of aliphatic hydroxyl groups excluding tert-OH is 1. The number of carbonyl (C=O) groups is 1. The van der Waals surface area contributed by atoms with Gasteiger partial charge in [-0.15, -0.1) is 0 Å². The Labute approximate surface area is 209 Å². The second-order valence-corrected chi connectivity index (χ2v) is 15.2. The molecule has 2 aromatic heterocycles. The van der Waals surface area contributed by atoms with Gasteiger partial charge >= 0.3 is 0 Å². The molecule has 0 saturated carbocycles. The standard InChI is InChI=1S/C20H34N6O8SSi/c1-10(2)15(28)24-17-23-14-12(16(29)25-17)22-9-26(14)20(36(6)7)19(30,35(21,31)32)13(11(8-27)33-20)34-18(3,4)5/h9-11,13,27,30,36H,8H2,1-7H3,(H2,21,31,32)(H2,23,24,25,28,29)/t11-,13-,19+,20+/m1/s1. The van der Waals surface area contributed by atoms with Crippen LogP contribution in [0.2, 0.25) is 13.1 Å². The predicted molar refractivity (Wildman–Crippen MR) is 133 cm³/mol. The first-order valence-electron chi connectivity index (χ1n) is 11.4. The number of anilines is 1. The van der Waals surface area contributed by atoms with Gasteiger partial charge in [-0.3, -0.25) is 24.5 Å². The fourth-order valence-corrected chi connectivity index (χ4v) is 8.86. The van der Waals surface area contributed by atoms with Gasteiger partial charge in [-0.2, -0.15) is 4.98 Å². The smallest absolute Gasteiger partial charge is 0.280 e. The van der Waals surface area contributed by atoms with Crippen molar-refractivity contribution in [2.24, 2.45) is 11.1 Å². The van der Waals surface area contributed by atoms with Crippen LogP contribution < -0.4 is 16.0 Å². The molecular weight excluding hydrogens is 512 g/mol. The summed E-state index contributed by atoms with van der Waals surface area (Å²) in [5.74, 6) is -1.04. The highest BCUT2D eigenvalue weighted by Crippen LogP contribution is 2.50.